The van der Waals surface area contributed by atoms with E-state index in [-0.39, 0.29) is 0 Å². The summed E-state index contributed by atoms with van der Waals surface area (Å²) in [6.45, 7) is 2.84. The van der Waals surface area contributed by atoms with Gasteiger partial charge in [-0.05, 0) is 13.8 Å². The lowest BCUT2D eigenvalue weighted by Crippen LogP contribution is -2.30. The molecule has 0 aliphatic heterocycles. The van der Waals surface area contributed by atoms with Gasteiger partial charge in [-0.1, -0.05) is 0 Å². The first-order valence-electron chi connectivity index (χ1n) is 3.03. The van der Waals surface area contributed by atoms with Crippen LogP contribution in [0.5, 0.6) is 0 Å². The third kappa shape index (κ3) is 4.26. The Bertz CT molecular complexity index is 210. The van der Waals surface area contributed by atoms with Crippen molar-refractivity contribution in [2.75, 3.05) is 0 Å². The predicted octanol–water partition coefficient (Wildman–Crippen LogP) is 1.25. The van der Waals surface area contributed by atoms with Gasteiger partial charge in [0.2, 0.25) is 0 Å². The zero-order valence-corrected chi connectivity index (χ0v) is 6.66. The van der Waals surface area contributed by atoms with Gasteiger partial charge in [0.25, 0.3) is 0 Å². The van der Waals surface area contributed by atoms with E-state index >= 15 is 0 Å². The first-order chi connectivity index (χ1) is 5.37. The largest absolute Gasteiger partial charge is 0.519 e. The molecule has 0 aliphatic carbocycles. The molecule has 0 rings (SSSR count). The van der Waals surface area contributed by atoms with Gasteiger partial charge in [-0.3, -0.25) is 0 Å². The van der Waals surface area contributed by atoms with Crippen molar-refractivity contribution < 1.29 is 24.2 Å². The molecule has 0 radical (unpaired) electrons. The summed E-state index contributed by atoms with van der Waals surface area (Å²) in [6, 6.07) is 0. The van der Waals surface area contributed by atoms with Crippen LogP contribution in [0.2, 0.25) is 0 Å². The Morgan fingerprint density at radius 3 is 2.33 bits per heavy atom. The summed E-state index contributed by atoms with van der Waals surface area (Å²) in [6.07, 6.45) is -2.22. The van der Waals surface area contributed by atoms with Gasteiger partial charge in [-0.15, -0.1) is 0 Å². The number of carbonyl (C=O) groups excluding carboxylic acids is 1. The van der Waals surface area contributed by atoms with Crippen molar-refractivity contribution >= 4 is 18.5 Å². The minimum Gasteiger partial charge on any atom is -0.449 e. The average Bonchev–Trinajstić information content (AvgIpc) is 1.84. The van der Waals surface area contributed by atoms with E-state index in [4.69, 9.17) is 10.5 Å². The quantitative estimate of drug-likeness (QED) is 0.374. The topological polar surface area (TPSA) is 96.7 Å². The Morgan fingerprint density at radius 2 is 2.00 bits per heavy atom. The summed E-state index contributed by atoms with van der Waals surface area (Å²) in [5.74, 6) is 0. The molecule has 0 aliphatic rings. The molecule has 0 aromatic rings. The van der Waals surface area contributed by atoms with Crippen molar-refractivity contribution in [2.24, 2.45) is 0 Å². The molecular weight excluding hydrogens is 166 g/mol. The Morgan fingerprint density at radius 1 is 1.50 bits per heavy atom. The minimum atomic E-state index is -1.74. The third-order valence-electron chi connectivity index (χ3n) is 0.865. The number of carbonyl (C=O) groups is 2. The number of hydrogen-bond donors (Lipinski definition) is 2. The Kier molecular flexibility index (Phi) is 3.21. The second-order valence-electron chi connectivity index (χ2n) is 2.47. The van der Waals surface area contributed by atoms with E-state index in [0.29, 0.717) is 0 Å². The predicted molar refractivity (Wildman–Crippen MR) is 38.5 cm³/mol. The maximum Gasteiger partial charge on any atom is 0.519 e. The maximum atomic E-state index is 10.5. The van der Waals surface area contributed by atoms with E-state index in [0.717, 1.165) is 6.21 Å². The molecule has 6 heteroatoms. The molecule has 0 unspecified atom stereocenters. The lowest BCUT2D eigenvalue weighted by molar-refractivity contribution is 0.0211. The minimum absolute atomic E-state index is 0.857. The van der Waals surface area contributed by atoms with Crippen LogP contribution in [0.15, 0.2) is 0 Å². The first-order valence-corrected chi connectivity index (χ1v) is 3.03. The molecule has 0 amide bonds. The van der Waals surface area contributed by atoms with Crippen molar-refractivity contribution in [1.82, 2.24) is 0 Å². The summed E-state index contributed by atoms with van der Waals surface area (Å²) in [5.41, 5.74) is -1.15. The fourth-order valence-electron chi connectivity index (χ4n) is 0.336. The van der Waals surface area contributed by atoms with Crippen LogP contribution in [0.4, 0.5) is 9.59 Å². The lowest BCUT2D eigenvalue weighted by atomic mass is 10.2. The maximum absolute atomic E-state index is 10.5. The van der Waals surface area contributed by atoms with Crippen molar-refractivity contribution in [3.8, 4) is 0 Å². The van der Waals surface area contributed by atoms with E-state index in [2.05, 4.69) is 9.47 Å². The van der Waals surface area contributed by atoms with Crippen molar-refractivity contribution in [3.05, 3.63) is 0 Å². The van der Waals surface area contributed by atoms with Crippen molar-refractivity contribution in [1.29, 1.82) is 5.41 Å². The van der Waals surface area contributed by atoms with Gasteiger partial charge in [0.1, 0.15) is 5.60 Å². The zero-order chi connectivity index (χ0) is 9.78. The molecule has 6 nitrogen and oxygen atoms in total. The highest BCUT2D eigenvalue weighted by molar-refractivity contribution is 5.78. The number of ether oxygens (including phenoxy) is 2. The Hall–Kier alpha value is -1.59. The van der Waals surface area contributed by atoms with Gasteiger partial charge < -0.3 is 20.0 Å². The fourth-order valence-corrected chi connectivity index (χ4v) is 0.336. The monoisotopic (exact) mass is 175 g/mol. The number of rotatable bonds is 2. The number of carboxylic acid groups (broad SMARTS) is 1. The van der Waals surface area contributed by atoms with Crippen molar-refractivity contribution in [3.63, 3.8) is 0 Å². The van der Waals surface area contributed by atoms with Crippen LogP contribution in [-0.4, -0.2) is 29.2 Å². The average molecular weight is 175 g/mol. The van der Waals surface area contributed by atoms with E-state index in [1.54, 1.807) is 0 Å². The highest BCUT2D eigenvalue weighted by Gasteiger charge is 2.22. The van der Waals surface area contributed by atoms with Gasteiger partial charge in [0.05, 0.1) is 0 Å². The van der Waals surface area contributed by atoms with Gasteiger partial charge in [-0.2, -0.15) is 0 Å². The van der Waals surface area contributed by atoms with E-state index in [1.807, 2.05) is 0 Å². The summed E-state index contributed by atoms with van der Waals surface area (Å²) >= 11 is 0. The van der Waals surface area contributed by atoms with Gasteiger partial charge >= 0.3 is 12.3 Å². The smallest absolute Gasteiger partial charge is 0.449 e. The normalized spacial score (nSPS) is 10.2. The van der Waals surface area contributed by atoms with Crippen LogP contribution < -0.4 is 0 Å². The van der Waals surface area contributed by atoms with Crippen molar-refractivity contribution in [2.45, 2.75) is 19.4 Å². The van der Waals surface area contributed by atoms with Crippen LogP contribution >= 0.6 is 0 Å². The summed E-state index contributed by atoms with van der Waals surface area (Å²) < 4.78 is 8.05. The molecule has 0 spiro atoms. The second kappa shape index (κ2) is 3.70. The highest BCUT2D eigenvalue weighted by Crippen LogP contribution is 2.06. The molecule has 68 valence electrons. The van der Waals surface area contributed by atoms with Crippen LogP contribution in [0.1, 0.15) is 13.8 Å². The van der Waals surface area contributed by atoms with Crippen LogP contribution in [-0.2, 0) is 9.47 Å². The van der Waals surface area contributed by atoms with Crippen LogP contribution in [0, 0.1) is 5.41 Å². The number of nitrogens with one attached hydrogen (secondary N) is 1. The summed E-state index contributed by atoms with van der Waals surface area (Å²) in [5, 5.41) is 14.7. The molecule has 0 saturated heterocycles. The lowest BCUT2D eigenvalue weighted by Gasteiger charge is -2.17. The molecule has 0 bridgehead atoms. The summed E-state index contributed by atoms with van der Waals surface area (Å²) in [7, 11) is 0. The zero-order valence-electron chi connectivity index (χ0n) is 6.66. The molecular formula is C6H9NO5. The van der Waals surface area contributed by atoms with Gasteiger partial charge in [0.15, 0.2) is 0 Å². The van der Waals surface area contributed by atoms with E-state index in [1.165, 1.54) is 13.8 Å². The first kappa shape index (κ1) is 10.4. The molecule has 0 aromatic heterocycles. The molecule has 0 fully saturated rings. The van der Waals surface area contributed by atoms with E-state index in [9.17, 15) is 9.59 Å². The van der Waals surface area contributed by atoms with Crippen LogP contribution in [0.25, 0.3) is 0 Å². The highest BCUT2D eigenvalue weighted by atomic mass is 16.8. The number of hydrogen-bond acceptors (Lipinski definition) is 5. The summed E-state index contributed by atoms with van der Waals surface area (Å²) in [4.78, 5) is 20.3. The van der Waals surface area contributed by atoms with Gasteiger partial charge in [0, 0.05) is 6.21 Å². The Labute approximate surface area is 68.6 Å². The Balaban J connectivity index is 4.00. The molecule has 0 aromatic carbocycles. The molecule has 0 saturated carbocycles. The molecule has 12 heavy (non-hydrogen) atoms. The second-order valence-corrected chi connectivity index (χ2v) is 2.47. The standard InChI is InChI=1S/C6H9NO5/c1-6(2,3-7)12-5(10)11-4(8)9/h3,7H,1-2H3,(H,8,9). The molecule has 0 heterocycles. The SMILES string of the molecule is CC(C)(C=N)OC(=O)OC(=O)O. The molecule has 2 N–H and O–H groups in total. The van der Waals surface area contributed by atoms with Gasteiger partial charge in [-0.25, -0.2) is 9.59 Å². The van der Waals surface area contributed by atoms with E-state index < -0.39 is 17.9 Å². The van der Waals surface area contributed by atoms with Crippen LogP contribution in [0.3, 0.4) is 0 Å². The molecule has 0 atom stereocenters. The third-order valence-corrected chi connectivity index (χ3v) is 0.865. The fraction of sp³-hybridized carbons (Fsp3) is 0.500.